The van der Waals surface area contributed by atoms with Crippen molar-refractivity contribution in [2.45, 2.75) is 50.6 Å². The monoisotopic (exact) mass is 367 g/mol. The Morgan fingerprint density at radius 1 is 1.22 bits per heavy atom. The first-order valence-electron chi connectivity index (χ1n) is 9.80. The van der Waals surface area contributed by atoms with E-state index < -0.39 is 5.41 Å². The molecule has 1 amide bonds. The van der Waals surface area contributed by atoms with Crippen LogP contribution in [-0.4, -0.2) is 34.1 Å². The van der Waals surface area contributed by atoms with Crippen LogP contribution in [0, 0.1) is 17.3 Å². The molecule has 4 fully saturated rings. The number of amides is 1. The number of carbonyl (C=O) groups excluding carboxylic acids is 2. The number of rotatable bonds is 4. The van der Waals surface area contributed by atoms with Crippen LogP contribution in [0.5, 0.6) is 0 Å². The first kappa shape index (κ1) is 16.8. The summed E-state index contributed by atoms with van der Waals surface area (Å²) in [4.78, 5) is 29.8. The molecule has 4 aliphatic rings. The van der Waals surface area contributed by atoms with Crippen LogP contribution in [0.1, 0.15) is 38.5 Å². The summed E-state index contributed by atoms with van der Waals surface area (Å²) in [5.74, 6) is 0.940. The van der Waals surface area contributed by atoms with Gasteiger partial charge in [-0.25, -0.2) is 4.98 Å². The number of carbonyl (C=O) groups is 2. The zero-order chi connectivity index (χ0) is 18.6. The van der Waals surface area contributed by atoms with Crippen molar-refractivity contribution in [3.05, 3.63) is 30.6 Å². The molecule has 6 rings (SSSR count). The van der Waals surface area contributed by atoms with Crippen molar-refractivity contribution in [2.75, 3.05) is 7.11 Å². The van der Waals surface area contributed by atoms with E-state index in [-0.39, 0.29) is 24.0 Å². The molecule has 0 unspecified atom stereocenters. The Hall–Kier alpha value is -2.37. The van der Waals surface area contributed by atoms with Gasteiger partial charge in [0, 0.05) is 5.54 Å². The number of ether oxygens (including phenoxy) is 1. The largest absolute Gasteiger partial charge is 0.469 e. The van der Waals surface area contributed by atoms with Crippen LogP contribution in [0.4, 0.5) is 0 Å². The van der Waals surface area contributed by atoms with Gasteiger partial charge in [0.05, 0.1) is 29.9 Å². The number of hydrogen-bond donors (Lipinski definition) is 1. The van der Waals surface area contributed by atoms with E-state index in [1.807, 2.05) is 28.8 Å². The van der Waals surface area contributed by atoms with Crippen molar-refractivity contribution in [3.8, 4) is 0 Å². The predicted octanol–water partition coefficient (Wildman–Crippen LogP) is 2.66. The van der Waals surface area contributed by atoms with E-state index in [0.29, 0.717) is 11.8 Å². The third kappa shape index (κ3) is 2.65. The molecule has 0 spiro atoms. The zero-order valence-corrected chi connectivity index (χ0v) is 15.6. The van der Waals surface area contributed by atoms with Crippen LogP contribution < -0.4 is 5.32 Å². The number of para-hydroxylation sites is 2. The number of nitrogens with one attached hydrogen (secondary N) is 1. The highest BCUT2D eigenvalue weighted by atomic mass is 16.5. The van der Waals surface area contributed by atoms with Crippen molar-refractivity contribution in [1.29, 1.82) is 0 Å². The molecule has 0 radical (unpaired) electrons. The third-order valence-corrected chi connectivity index (χ3v) is 6.93. The van der Waals surface area contributed by atoms with Gasteiger partial charge < -0.3 is 14.6 Å². The van der Waals surface area contributed by atoms with Crippen molar-refractivity contribution in [3.63, 3.8) is 0 Å². The number of hydrogen-bond acceptors (Lipinski definition) is 4. The van der Waals surface area contributed by atoms with Crippen LogP contribution >= 0.6 is 0 Å². The highest BCUT2D eigenvalue weighted by Gasteiger charge is 2.61. The summed E-state index contributed by atoms with van der Waals surface area (Å²) in [7, 11) is 1.48. The lowest BCUT2D eigenvalue weighted by molar-refractivity contribution is -0.173. The molecule has 4 bridgehead atoms. The Morgan fingerprint density at radius 2 is 1.96 bits per heavy atom. The summed E-state index contributed by atoms with van der Waals surface area (Å²) >= 11 is 0. The lowest BCUT2D eigenvalue weighted by Gasteiger charge is -2.60. The minimum absolute atomic E-state index is 0.000110. The zero-order valence-electron chi connectivity index (χ0n) is 15.6. The summed E-state index contributed by atoms with van der Waals surface area (Å²) in [6, 6.07) is 7.83. The molecule has 0 aliphatic heterocycles. The molecule has 6 heteroatoms. The van der Waals surface area contributed by atoms with E-state index in [1.165, 1.54) is 13.5 Å². The number of methoxy groups -OCH3 is 1. The summed E-state index contributed by atoms with van der Waals surface area (Å²) in [6.07, 6.45) is 7.43. The standard InChI is InChI=1S/C21H25N3O3/c1-27-19(26)20-7-14-6-15(8-20)10-21(9-14,12-20)23-18(25)11-24-13-22-16-4-2-3-5-17(16)24/h2-5,13-15H,6-12H2,1H3,(H,23,25)/t14-,15-,20?,21?/m1/s1. The van der Waals surface area contributed by atoms with Crippen molar-refractivity contribution in [2.24, 2.45) is 17.3 Å². The predicted molar refractivity (Wildman–Crippen MR) is 99.7 cm³/mol. The summed E-state index contributed by atoms with van der Waals surface area (Å²) in [5.41, 5.74) is 1.20. The van der Waals surface area contributed by atoms with Gasteiger partial charge >= 0.3 is 5.97 Å². The molecule has 4 saturated carbocycles. The summed E-state index contributed by atoms with van der Waals surface area (Å²) < 4.78 is 7.04. The topological polar surface area (TPSA) is 73.2 Å². The van der Waals surface area contributed by atoms with E-state index in [1.54, 1.807) is 6.33 Å². The number of esters is 1. The smallest absolute Gasteiger partial charge is 0.311 e. The summed E-state index contributed by atoms with van der Waals surface area (Å²) in [5, 5.41) is 3.34. The van der Waals surface area contributed by atoms with Crippen LogP contribution in [0.15, 0.2) is 30.6 Å². The van der Waals surface area contributed by atoms with Gasteiger partial charge in [-0.1, -0.05) is 12.1 Å². The average molecular weight is 367 g/mol. The van der Waals surface area contributed by atoms with E-state index >= 15 is 0 Å². The Kier molecular flexibility index (Phi) is 3.61. The van der Waals surface area contributed by atoms with Crippen molar-refractivity contribution in [1.82, 2.24) is 14.9 Å². The van der Waals surface area contributed by atoms with Gasteiger partial charge in [0.2, 0.25) is 5.91 Å². The Balaban J connectivity index is 1.37. The van der Waals surface area contributed by atoms with Gasteiger partial charge in [-0.15, -0.1) is 0 Å². The van der Waals surface area contributed by atoms with E-state index in [4.69, 9.17) is 4.74 Å². The minimum Gasteiger partial charge on any atom is -0.469 e. The van der Waals surface area contributed by atoms with Gasteiger partial charge in [0.15, 0.2) is 0 Å². The minimum atomic E-state index is -0.395. The van der Waals surface area contributed by atoms with Gasteiger partial charge in [-0.05, 0) is 62.5 Å². The van der Waals surface area contributed by atoms with E-state index in [2.05, 4.69) is 10.3 Å². The first-order valence-corrected chi connectivity index (χ1v) is 9.80. The SMILES string of the molecule is COC(=O)C12C[C@H]3C[C@@H](CC(NC(=O)Cn4cnc5ccccc54)(C3)C1)C2. The molecule has 2 atom stereocenters. The fourth-order valence-corrected chi connectivity index (χ4v) is 6.49. The second-order valence-corrected chi connectivity index (χ2v) is 8.92. The van der Waals surface area contributed by atoms with Crippen LogP contribution in [0.25, 0.3) is 11.0 Å². The summed E-state index contributed by atoms with van der Waals surface area (Å²) in [6.45, 7) is 0.253. The molecule has 1 N–H and O–H groups in total. The Labute approximate surface area is 158 Å². The van der Waals surface area contributed by atoms with Crippen LogP contribution in [-0.2, 0) is 20.9 Å². The van der Waals surface area contributed by atoms with Crippen LogP contribution in [0.3, 0.4) is 0 Å². The number of nitrogens with zero attached hydrogens (tertiary/aromatic N) is 2. The molecule has 1 heterocycles. The third-order valence-electron chi connectivity index (χ3n) is 6.93. The molecule has 2 aromatic rings. The van der Waals surface area contributed by atoms with E-state index in [9.17, 15) is 9.59 Å². The lowest BCUT2D eigenvalue weighted by atomic mass is 9.47. The molecule has 4 aliphatic carbocycles. The van der Waals surface area contributed by atoms with Crippen molar-refractivity contribution >= 4 is 22.9 Å². The van der Waals surface area contributed by atoms with Crippen LogP contribution in [0.2, 0.25) is 0 Å². The normalized spacial score (nSPS) is 34.0. The maximum Gasteiger partial charge on any atom is 0.311 e. The Bertz CT molecular complexity index is 904. The molecule has 1 aromatic heterocycles. The van der Waals surface area contributed by atoms with Gasteiger partial charge in [-0.3, -0.25) is 9.59 Å². The molecule has 27 heavy (non-hydrogen) atoms. The van der Waals surface area contributed by atoms with Gasteiger partial charge in [0.25, 0.3) is 0 Å². The lowest BCUT2D eigenvalue weighted by Crippen LogP contribution is -2.65. The van der Waals surface area contributed by atoms with Gasteiger partial charge in [-0.2, -0.15) is 0 Å². The molecule has 0 saturated heterocycles. The highest BCUT2D eigenvalue weighted by Crippen LogP contribution is 2.62. The first-order chi connectivity index (χ1) is 13.0. The molecule has 6 nitrogen and oxygen atoms in total. The quantitative estimate of drug-likeness (QED) is 0.843. The molecule has 142 valence electrons. The maximum atomic E-state index is 12.9. The van der Waals surface area contributed by atoms with E-state index in [0.717, 1.165) is 43.1 Å². The Morgan fingerprint density at radius 3 is 2.70 bits per heavy atom. The van der Waals surface area contributed by atoms with Gasteiger partial charge in [0.1, 0.15) is 6.54 Å². The fraction of sp³-hybridized carbons (Fsp3) is 0.571. The highest BCUT2D eigenvalue weighted by molar-refractivity contribution is 5.82. The fourth-order valence-electron chi connectivity index (χ4n) is 6.49. The molecular formula is C21H25N3O3. The second-order valence-electron chi connectivity index (χ2n) is 8.92. The average Bonchev–Trinajstić information content (AvgIpc) is 3.02. The number of fused-ring (bicyclic) bond motifs is 1. The number of benzene rings is 1. The molecule has 1 aromatic carbocycles. The number of aromatic nitrogens is 2. The van der Waals surface area contributed by atoms with Crippen molar-refractivity contribution < 1.29 is 14.3 Å². The maximum absolute atomic E-state index is 12.9. The molecular weight excluding hydrogens is 342 g/mol. The second kappa shape index (κ2) is 5.81. The number of imidazole rings is 1.